The van der Waals surface area contributed by atoms with Crippen LogP contribution in [0.3, 0.4) is 0 Å². The van der Waals surface area contributed by atoms with Gasteiger partial charge in [-0.1, -0.05) is 6.07 Å². The van der Waals surface area contributed by atoms with E-state index in [-0.39, 0.29) is 12.5 Å². The molecule has 0 aliphatic carbocycles. The van der Waals surface area contributed by atoms with E-state index in [1.165, 1.54) is 0 Å². The lowest BCUT2D eigenvalue weighted by atomic mass is 10.2. The van der Waals surface area contributed by atoms with E-state index in [1.807, 2.05) is 30.6 Å². The highest BCUT2D eigenvalue weighted by Crippen LogP contribution is 1.95. The van der Waals surface area contributed by atoms with Crippen LogP contribution in [0.2, 0.25) is 0 Å². The van der Waals surface area contributed by atoms with E-state index >= 15 is 0 Å². The highest BCUT2D eigenvalue weighted by molar-refractivity contribution is 5.75. The van der Waals surface area contributed by atoms with Gasteiger partial charge < -0.3 is 10.4 Å². The topological polar surface area (TPSA) is 53.2 Å². The largest absolute Gasteiger partial charge is 0.396 e. The number of aliphatic hydroxyl groups is 1. The number of aromatic nitrogens is 1. The number of rotatable bonds is 8. The summed E-state index contributed by atoms with van der Waals surface area (Å²) < 4.78 is 2.11. The van der Waals surface area contributed by atoms with Crippen LogP contribution >= 0.6 is 0 Å². The quantitative estimate of drug-likeness (QED) is 0.515. The molecule has 94 valence electrons. The fourth-order valence-corrected chi connectivity index (χ4v) is 1.56. The highest BCUT2D eigenvalue weighted by atomic mass is 16.3. The van der Waals surface area contributed by atoms with Gasteiger partial charge in [0, 0.05) is 38.1 Å². The molecule has 2 N–H and O–H groups in total. The lowest BCUT2D eigenvalue weighted by molar-refractivity contribution is -0.697. The monoisotopic (exact) mass is 237 g/mol. The van der Waals surface area contributed by atoms with Gasteiger partial charge in [-0.05, 0) is 12.8 Å². The maximum Gasteiger partial charge on any atom is 0.219 e. The Balaban J connectivity index is 2.02. The number of amides is 1. The molecule has 4 heteroatoms. The molecule has 1 heterocycles. The van der Waals surface area contributed by atoms with Crippen molar-refractivity contribution in [3.63, 3.8) is 0 Å². The molecule has 0 unspecified atom stereocenters. The van der Waals surface area contributed by atoms with Crippen molar-refractivity contribution in [1.29, 1.82) is 0 Å². The number of pyridine rings is 1. The van der Waals surface area contributed by atoms with Gasteiger partial charge in [0.15, 0.2) is 12.4 Å². The predicted molar refractivity (Wildman–Crippen MR) is 65.2 cm³/mol. The molecule has 4 nitrogen and oxygen atoms in total. The maximum absolute atomic E-state index is 11.3. The summed E-state index contributed by atoms with van der Waals surface area (Å²) in [7, 11) is 0. The zero-order valence-corrected chi connectivity index (χ0v) is 10.1. The molecule has 0 aliphatic heterocycles. The third-order valence-corrected chi connectivity index (χ3v) is 2.50. The maximum atomic E-state index is 11.3. The molecular formula is C13H21N2O2+. The number of hydrogen-bond donors (Lipinski definition) is 2. The van der Waals surface area contributed by atoms with Gasteiger partial charge in [-0.25, -0.2) is 4.57 Å². The zero-order chi connectivity index (χ0) is 12.3. The minimum atomic E-state index is 0.0801. The molecule has 0 radical (unpaired) electrons. The molecule has 1 aromatic heterocycles. The van der Waals surface area contributed by atoms with Gasteiger partial charge >= 0.3 is 0 Å². The first-order valence-electron chi connectivity index (χ1n) is 6.14. The van der Waals surface area contributed by atoms with Crippen LogP contribution in [0.5, 0.6) is 0 Å². The van der Waals surface area contributed by atoms with Crippen LogP contribution in [0.25, 0.3) is 0 Å². The van der Waals surface area contributed by atoms with Crippen molar-refractivity contribution in [1.82, 2.24) is 5.32 Å². The Hall–Kier alpha value is -1.42. The molecule has 0 fully saturated rings. The van der Waals surface area contributed by atoms with Crippen LogP contribution in [0.15, 0.2) is 30.6 Å². The number of unbranched alkanes of at least 4 members (excludes halogenated alkanes) is 1. The van der Waals surface area contributed by atoms with E-state index < -0.39 is 0 Å². The smallest absolute Gasteiger partial charge is 0.219 e. The summed E-state index contributed by atoms with van der Waals surface area (Å²) >= 11 is 0. The van der Waals surface area contributed by atoms with Crippen molar-refractivity contribution in [2.24, 2.45) is 0 Å². The minimum absolute atomic E-state index is 0.0801. The van der Waals surface area contributed by atoms with Gasteiger partial charge in [-0.2, -0.15) is 0 Å². The summed E-state index contributed by atoms with van der Waals surface area (Å²) in [6.45, 7) is 1.65. The Labute approximate surface area is 102 Å². The van der Waals surface area contributed by atoms with Gasteiger partial charge in [0.25, 0.3) is 0 Å². The van der Waals surface area contributed by atoms with Crippen LogP contribution in [0, 0.1) is 0 Å². The van der Waals surface area contributed by atoms with Gasteiger partial charge in [0.2, 0.25) is 5.91 Å². The first-order chi connectivity index (χ1) is 8.33. The Morgan fingerprint density at radius 2 is 1.88 bits per heavy atom. The fraction of sp³-hybridized carbons (Fsp3) is 0.538. The number of carbonyl (C=O) groups is 1. The van der Waals surface area contributed by atoms with E-state index in [1.54, 1.807) is 0 Å². The summed E-state index contributed by atoms with van der Waals surface area (Å²) in [5.41, 5.74) is 0. The number of aliphatic hydroxyl groups excluding tert-OH is 1. The number of hydrogen-bond acceptors (Lipinski definition) is 2. The summed E-state index contributed by atoms with van der Waals surface area (Å²) in [5, 5.41) is 11.3. The van der Waals surface area contributed by atoms with Crippen LogP contribution in [0.4, 0.5) is 0 Å². The molecule has 17 heavy (non-hydrogen) atoms. The normalized spacial score (nSPS) is 10.2. The Morgan fingerprint density at radius 3 is 2.59 bits per heavy atom. The van der Waals surface area contributed by atoms with Crippen LogP contribution in [-0.4, -0.2) is 24.2 Å². The van der Waals surface area contributed by atoms with Crippen LogP contribution < -0.4 is 9.88 Å². The molecular weight excluding hydrogens is 216 g/mol. The van der Waals surface area contributed by atoms with Gasteiger partial charge in [0.1, 0.15) is 6.54 Å². The molecule has 0 atom stereocenters. The number of aryl methyl sites for hydroxylation is 1. The molecule has 0 saturated heterocycles. The summed E-state index contributed by atoms with van der Waals surface area (Å²) in [6.07, 6.45) is 7.15. The first kappa shape index (κ1) is 13.6. The molecule has 0 aromatic carbocycles. The second kappa shape index (κ2) is 8.70. The Bertz CT molecular complexity index is 314. The predicted octanol–water partition coefficient (Wildman–Crippen LogP) is 0.643. The highest BCUT2D eigenvalue weighted by Gasteiger charge is 2.02. The summed E-state index contributed by atoms with van der Waals surface area (Å²) in [4.78, 5) is 11.3. The summed E-state index contributed by atoms with van der Waals surface area (Å²) in [5.74, 6) is 0.0801. The average Bonchev–Trinajstić information content (AvgIpc) is 2.36. The molecule has 0 aliphatic rings. The summed E-state index contributed by atoms with van der Waals surface area (Å²) in [6, 6.07) is 5.99. The van der Waals surface area contributed by atoms with E-state index in [0.29, 0.717) is 19.4 Å². The van der Waals surface area contributed by atoms with Crippen LogP contribution in [-0.2, 0) is 11.3 Å². The lowest BCUT2D eigenvalue weighted by Gasteiger charge is -2.02. The van der Waals surface area contributed by atoms with Crippen molar-refractivity contribution in [3.8, 4) is 0 Å². The molecule has 1 amide bonds. The van der Waals surface area contributed by atoms with E-state index in [4.69, 9.17) is 5.11 Å². The van der Waals surface area contributed by atoms with Gasteiger partial charge in [-0.15, -0.1) is 0 Å². The molecule has 0 saturated carbocycles. The number of nitrogens with zero attached hydrogens (tertiary/aromatic N) is 1. The average molecular weight is 237 g/mol. The van der Waals surface area contributed by atoms with Crippen molar-refractivity contribution in [3.05, 3.63) is 30.6 Å². The molecule has 1 rings (SSSR count). The van der Waals surface area contributed by atoms with Crippen molar-refractivity contribution in [2.75, 3.05) is 13.2 Å². The van der Waals surface area contributed by atoms with E-state index in [2.05, 4.69) is 9.88 Å². The second-order valence-electron chi connectivity index (χ2n) is 4.00. The number of nitrogens with one attached hydrogen (secondary N) is 1. The van der Waals surface area contributed by atoms with E-state index in [9.17, 15) is 4.79 Å². The standard InChI is InChI=1S/C13H20N2O2/c16-12-6-8-14-13(17)7-2-5-11-15-9-3-1-4-10-15/h1,3-4,9-10,16H,2,5-8,11-12H2/p+1. The van der Waals surface area contributed by atoms with E-state index in [0.717, 1.165) is 19.4 Å². The fourth-order valence-electron chi connectivity index (χ4n) is 1.56. The van der Waals surface area contributed by atoms with Crippen LogP contribution in [0.1, 0.15) is 25.7 Å². The van der Waals surface area contributed by atoms with Crippen molar-refractivity contribution in [2.45, 2.75) is 32.2 Å². The van der Waals surface area contributed by atoms with Crippen molar-refractivity contribution < 1.29 is 14.5 Å². The van der Waals surface area contributed by atoms with Crippen molar-refractivity contribution >= 4 is 5.91 Å². The Morgan fingerprint density at radius 1 is 1.12 bits per heavy atom. The Kier molecular flexibility index (Phi) is 6.98. The molecule has 0 spiro atoms. The first-order valence-corrected chi connectivity index (χ1v) is 6.14. The second-order valence-corrected chi connectivity index (χ2v) is 4.00. The van der Waals surface area contributed by atoms with Gasteiger partial charge in [0.05, 0.1) is 0 Å². The SMILES string of the molecule is O=C(CCCC[n+]1ccccc1)NCCCO. The van der Waals surface area contributed by atoms with Gasteiger partial charge in [-0.3, -0.25) is 4.79 Å². The number of carbonyl (C=O) groups excluding carboxylic acids is 1. The molecule has 0 bridgehead atoms. The zero-order valence-electron chi connectivity index (χ0n) is 10.1. The third kappa shape index (κ3) is 6.68. The minimum Gasteiger partial charge on any atom is -0.396 e. The molecule has 1 aromatic rings. The third-order valence-electron chi connectivity index (χ3n) is 2.50. The lowest BCUT2D eigenvalue weighted by Crippen LogP contribution is -2.32.